The Hall–Kier alpha value is 0. The Morgan fingerprint density at radius 3 is 1.87 bits per heavy atom. The van der Waals surface area contributed by atoms with Crippen LogP contribution in [0, 0.1) is 17.8 Å². The molecule has 0 fully saturated rings. The molecule has 0 rings (SSSR count). The van der Waals surface area contributed by atoms with Gasteiger partial charge in [-0.2, -0.15) is 0 Å². The first-order valence-corrected chi connectivity index (χ1v) is 7.17. The molecule has 0 bridgehead atoms. The first-order valence-electron chi connectivity index (χ1n) is 7.17. The molecule has 0 nitrogen and oxygen atoms in total. The van der Waals surface area contributed by atoms with E-state index in [2.05, 4.69) is 34.6 Å². The zero-order valence-electron chi connectivity index (χ0n) is 11.7. The summed E-state index contributed by atoms with van der Waals surface area (Å²) in [4.78, 5) is 0. The molecule has 3 unspecified atom stereocenters. The third-order valence-electron chi connectivity index (χ3n) is 3.99. The van der Waals surface area contributed by atoms with E-state index in [-0.39, 0.29) is 0 Å². The highest BCUT2D eigenvalue weighted by Crippen LogP contribution is 2.31. The molecular formula is C15H32. The van der Waals surface area contributed by atoms with Crippen LogP contribution >= 0.6 is 0 Å². The molecule has 0 aliphatic carbocycles. The average Bonchev–Trinajstić information content (AvgIpc) is 2.25. The molecule has 0 aromatic rings. The second kappa shape index (κ2) is 9.24. The number of rotatable bonds is 9. The minimum Gasteiger partial charge on any atom is -0.0654 e. The SMILES string of the molecule is CCCCCC(C)C(CCC)C(C)CC. The molecule has 0 aromatic carbocycles. The minimum atomic E-state index is 0.918. The monoisotopic (exact) mass is 212 g/mol. The third-order valence-corrected chi connectivity index (χ3v) is 3.99. The van der Waals surface area contributed by atoms with E-state index in [4.69, 9.17) is 0 Å². The summed E-state index contributed by atoms with van der Waals surface area (Å²) in [7, 11) is 0. The van der Waals surface area contributed by atoms with E-state index >= 15 is 0 Å². The van der Waals surface area contributed by atoms with Crippen molar-refractivity contribution in [1.29, 1.82) is 0 Å². The summed E-state index contributed by atoms with van der Waals surface area (Å²) in [5.74, 6) is 2.82. The van der Waals surface area contributed by atoms with Crippen LogP contribution in [0.4, 0.5) is 0 Å². The summed E-state index contributed by atoms with van der Waals surface area (Å²) in [6.45, 7) is 11.9. The van der Waals surface area contributed by atoms with E-state index in [1.165, 1.54) is 44.9 Å². The number of unbranched alkanes of at least 4 members (excludes halogenated alkanes) is 2. The van der Waals surface area contributed by atoms with Crippen LogP contribution in [0.5, 0.6) is 0 Å². The Morgan fingerprint density at radius 1 is 0.733 bits per heavy atom. The van der Waals surface area contributed by atoms with E-state index in [1.54, 1.807) is 0 Å². The Bertz CT molecular complexity index is 128. The fraction of sp³-hybridized carbons (Fsp3) is 1.00. The molecule has 15 heavy (non-hydrogen) atoms. The quantitative estimate of drug-likeness (QED) is 0.432. The van der Waals surface area contributed by atoms with Gasteiger partial charge in [0.1, 0.15) is 0 Å². The minimum absolute atomic E-state index is 0.918. The van der Waals surface area contributed by atoms with Gasteiger partial charge in [0.05, 0.1) is 0 Å². The normalized spacial score (nSPS) is 17.4. The average molecular weight is 212 g/mol. The van der Waals surface area contributed by atoms with Crippen molar-refractivity contribution in [3.05, 3.63) is 0 Å². The topological polar surface area (TPSA) is 0 Å². The van der Waals surface area contributed by atoms with E-state index in [1.807, 2.05) is 0 Å². The summed E-state index contributed by atoms with van der Waals surface area (Å²) in [6.07, 6.45) is 9.80. The van der Waals surface area contributed by atoms with Gasteiger partial charge in [-0.15, -0.1) is 0 Å². The Morgan fingerprint density at radius 2 is 1.40 bits per heavy atom. The largest absolute Gasteiger partial charge is 0.0654 e. The second-order valence-corrected chi connectivity index (χ2v) is 5.31. The first-order chi connectivity index (χ1) is 7.17. The highest BCUT2D eigenvalue weighted by atomic mass is 14.3. The zero-order chi connectivity index (χ0) is 11.7. The van der Waals surface area contributed by atoms with Crippen LogP contribution in [0.2, 0.25) is 0 Å². The Balaban J connectivity index is 3.97. The van der Waals surface area contributed by atoms with Gasteiger partial charge in [-0.3, -0.25) is 0 Å². The predicted molar refractivity (Wildman–Crippen MR) is 71.2 cm³/mol. The lowest BCUT2D eigenvalue weighted by Gasteiger charge is -2.29. The molecule has 0 heterocycles. The second-order valence-electron chi connectivity index (χ2n) is 5.31. The van der Waals surface area contributed by atoms with Gasteiger partial charge in [0.2, 0.25) is 0 Å². The van der Waals surface area contributed by atoms with Gasteiger partial charge >= 0.3 is 0 Å². The van der Waals surface area contributed by atoms with Crippen LogP contribution in [0.3, 0.4) is 0 Å². The van der Waals surface area contributed by atoms with Crippen molar-refractivity contribution in [3.63, 3.8) is 0 Å². The van der Waals surface area contributed by atoms with Crippen molar-refractivity contribution in [3.8, 4) is 0 Å². The zero-order valence-corrected chi connectivity index (χ0v) is 11.7. The van der Waals surface area contributed by atoms with E-state index in [0.717, 1.165) is 17.8 Å². The Kier molecular flexibility index (Phi) is 9.24. The van der Waals surface area contributed by atoms with Crippen LogP contribution in [-0.2, 0) is 0 Å². The molecule has 0 amide bonds. The molecule has 3 atom stereocenters. The van der Waals surface area contributed by atoms with Crippen molar-refractivity contribution in [2.24, 2.45) is 17.8 Å². The highest BCUT2D eigenvalue weighted by Gasteiger charge is 2.21. The van der Waals surface area contributed by atoms with E-state index < -0.39 is 0 Å². The summed E-state index contributed by atoms with van der Waals surface area (Å²) < 4.78 is 0. The third kappa shape index (κ3) is 6.22. The number of hydrogen-bond acceptors (Lipinski definition) is 0. The smallest absolute Gasteiger partial charge is 0.0363 e. The van der Waals surface area contributed by atoms with Crippen LogP contribution < -0.4 is 0 Å². The van der Waals surface area contributed by atoms with Gasteiger partial charge in [-0.1, -0.05) is 79.6 Å². The van der Waals surface area contributed by atoms with E-state index in [0.29, 0.717) is 0 Å². The van der Waals surface area contributed by atoms with Crippen molar-refractivity contribution in [2.75, 3.05) is 0 Å². The summed E-state index contributed by atoms with van der Waals surface area (Å²) in [5, 5.41) is 0. The molecule has 0 aromatic heterocycles. The maximum atomic E-state index is 2.47. The molecule has 0 saturated heterocycles. The fourth-order valence-corrected chi connectivity index (χ4v) is 2.70. The maximum absolute atomic E-state index is 2.47. The van der Waals surface area contributed by atoms with Gasteiger partial charge in [0.25, 0.3) is 0 Å². The van der Waals surface area contributed by atoms with Crippen molar-refractivity contribution in [1.82, 2.24) is 0 Å². The van der Waals surface area contributed by atoms with Crippen LogP contribution in [0.1, 0.15) is 79.6 Å². The van der Waals surface area contributed by atoms with E-state index in [9.17, 15) is 0 Å². The summed E-state index contributed by atoms with van der Waals surface area (Å²) in [5.41, 5.74) is 0. The van der Waals surface area contributed by atoms with Crippen molar-refractivity contribution >= 4 is 0 Å². The summed E-state index contributed by atoms with van der Waals surface area (Å²) >= 11 is 0. The standard InChI is InChI=1S/C15H32/c1-6-9-10-12-14(5)15(11-7-2)13(4)8-3/h13-15H,6-12H2,1-5H3. The van der Waals surface area contributed by atoms with Gasteiger partial charge in [0.15, 0.2) is 0 Å². The van der Waals surface area contributed by atoms with Gasteiger partial charge in [-0.25, -0.2) is 0 Å². The lowest BCUT2D eigenvalue weighted by atomic mass is 9.77. The molecule has 0 N–H and O–H groups in total. The van der Waals surface area contributed by atoms with Gasteiger partial charge < -0.3 is 0 Å². The van der Waals surface area contributed by atoms with Crippen LogP contribution in [0.25, 0.3) is 0 Å². The van der Waals surface area contributed by atoms with Gasteiger partial charge in [-0.05, 0) is 17.8 Å². The Labute approximate surface area is 97.8 Å². The van der Waals surface area contributed by atoms with Crippen LogP contribution in [-0.4, -0.2) is 0 Å². The van der Waals surface area contributed by atoms with Crippen LogP contribution in [0.15, 0.2) is 0 Å². The molecule has 0 aliphatic rings. The predicted octanol–water partition coefficient (Wildman–Crippen LogP) is 5.67. The lowest BCUT2D eigenvalue weighted by Crippen LogP contribution is -2.19. The molecule has 0 radical (unpaired) electrons. The fourth-order valence-electron chi connectivity index (χ4n) is 2.70. The maximum Gasteiger partial charge on any atom is -0.0363 e. The molecule has 0 spiro atoms. The molecule has 0 heteroatoms. The van der Waals surface area contributed by atoms with Crippen molar-refractivity contribution in [2.45, 2.75) is 79.6 Å². The molecule has 0 saturated carbocycles. The lowest BCUT2D eigenvalue weighted by molar-refractivity contribution is 0.217. The highest BCUT2D eigenvalue weighted by molar-refractivity contribution is 4.71. The first kappa shape index (κ1) is 15.0. The molecular weight excluding hydrogens is 180 g/mol. The summed E-state index contributed by atoms with van der Waals surface area (Å²) in [6, 6.07) is 0. The van der Waals surface area contributed by atoms with Gasteiger partial charge in [0, 0.05) is 0 Å². The molecule has 92 valence electrons. The van der Waals surface area contributed by atoms with Crippen molar-refractivity contribution < 1.29 is 0 Å². The number of hydrogen-bond donors (Lipinski definition) is 0. The molecule has 0 aliphatic heterocycles.